The van der Waals surface area contributed by atoms with Gasteiger partial charge in [-0.15, -0.1) is 0 Å². The molecule has 0 aromatic carbocycles. The molecule has 1 aliphatic heterocycles. The largest absolute Gasteiger partial charge is 0.354 e. The highest BCUT2D eigenvalue weighted by molar-refractivity contribution is 5.81. The van der Waals surface area contributed by atoms with Gasteiger partial charge >= 0.3 is 0 Å². The summed E-state index contributed by atoms with van der Waals surface area (Å²) >= 11 is 0. The fourth-order valence-electron chi connectivity index (χ4n) is 1.93. The van der Waals surface area contributed by atoms with Crippen LogP contribution in [0.1, 0.15) is 31.0 Å². The van der Waals surface area contributed by atoms with Crippen LogP contribution in [0.4, 0.5) is 0 Å². The molecule has 1 fully saturated rings. The van der Waals surface area contributed by atoms with Gasteiger partial charge in [-0.1, -0.05) is 11.6 Å². The maximum atomic E-state index is 11.8. The van der Waals surface area contributed by atoms with Crippen LogP contribution in [0.25, 0.3) is 0 Å². The number of nitrogens with zero attached hydrogens (tertiary/aromatic N) is 2. The number of rotatable bonds is 4. The van der Waals surface area contributed by atoms with Crippen LogP contribution in [-0.2, 0) is 11.2 Å². The van der Waals surface area contributed by atoms with Gasteiger partial charge in [-0.3, -0.25) is 4.79 Å². The summed E-state index contributed by atoms with van der Waals surface area (Å²) in [6.45, 7) is 3.25. The quantitative estimate of drug-likeness (QED) is 0.782. The second-order valence-corrected chi connectivity index (χ2v) is 4.28. The molecule has 6 nitrogen and oxygen atoms in total. The van der Waals surface area contributed by atoms with Crippen LogP contribution < -0.4 is 10.6 Å². The number of aryl methyl sites for hydroxylation is 1. The third kappa shape index (κ3) is 3.52. The molecule has 0 aliphatic carbocycles. The molecule has 2 N–H and O–H groups in total. The Morgan fingerprint density at radius 1 is 1.59 bits per heavy atom. The van der Waals surface area contributed by atoms with Crippen molar-refractivity contribution in [3.63, 3.8) is 0 Å². The van der Waals surface area contributed by atoms with Crippen LogP contribution in [0.5, 0.6) is 0 Å². The molecule has 17 heavy (non-hydrogen) atoms. The summed E-state index contributed by atoms with van der Waals surface area (Å²) < 4.78 is 4.96. The second-order valence-electron chi connectivity index (χ2n) is 4.28. The highest BCUT2D eigenvalue weighted by Crippen LogP contribution is 2.06. The van der Waals surface area contributed by atoms with E-state index in [0.717, 1.165) is 25.8 Å². The minimum Gasteiger partial charge on any atom is -0.354 e. The zero-order chi connectivity index (χ0) is 12.1. The van der Waals surface area contributed by atoms with E-state index in [1.165, 1.54) is 0 Å². The summed E-state index contributed by atoms with van der Waals surface area (Å²) in [5.74, 6) is 1.26. The van der Waals surface area contributed by atoms with E-state index >= 15 is 0 Å². The van der Waals surface area contributed by atoms with Gasteiger partial charge in [0, 0.05) is 13.0 Å². The van der Waals surface area contributed by atoms with E-state index in [9.17, 15) is 4.79 Å². The fraction of sp³-hybridized carbons (Fsp3) is 0.727. The summed E-state index contributed by atoms with van der Waals surface area (Å²) in [6.07, 6.45) is 3.78. The topological polar surface area (TPSA) is 80.0 Å². The van der Waals surface area contributed by atoms with E-state index in [4.69, 9.17) is 4.52 Å². The molecule has 2 rings (SSSR count). The highest BCUT2D eigenvalue weighted by Gasteiger charge is 2.19. The van der Waals surface area contributed by atoms with Crippen molar-refractivity contribution in [3.05, 3.63) is 11.7 Å². The summed E-state index contributed by atoms with van der Waals surface area (Å²) in [6, 6.07) is -0.0341. The number of piperidine rings is 1. The number of hydrogen-bond donors (Lipinski definition) is 2. The molecule has 0 spiro atoms. The van der Waals surface area contributed by atoms with Gasteiger partial charge < -0.3 is 15.2 Å². The Balaban J connectivity index is 1.69. The molecule has 0 bridgehead atoms. The van der Waals surface area contributed by atoms with Crippen LogP contribution in [0.15, 0.2) is 4.52 Å². The lowest BCUT2D eigenvalue weighted by molar-refractivity contribution is -0.123. The smallest absolute Gasteiger partial charge is 0.237 e. The number of hydrogen-bond acceptors (Lipinski definition) is 5. The molecule has 0 unspecified atom stereocenters. The Hall–Kier alpha value is -1.43. The average Bonchev–Trinajstić information content (AvgIpc) is 2.76. The third-order valence-electron chi connectivity index (χ3n) is 2.83. The SMILES string of the molecule is Cc1noc(CCNC(=O)[C@H]2CCCCN2)n1. The molecule has 0 radical (unpaired) electrons. The van der Waals surface area contributed by atoms with Crippen molar-refractivity contribution < 1.29 is 9.32 Å². The van der Waals surface area contributed by atoms with Crippen LogP contribution >= 0.6 is 0 Å². The Bertz CT molecular complexity index is 371. The van der Waals surface area contributed by atoms with Gasteiger partial charge in [0.25, 0.3) is 0 Å². The van der Waals surface area contributed by atoms with Crippen LogP contribution in [0.3, 0.4) is 0 Å². The van der Waals surface area contributed by atoms with E-state index < -0.39 is 0 Å². The minimum absolute atomic E-state index is 0.0341. The lowest BCUT2D eigenvalue weighted by atomic mass is 10.0. The molecular weight excluding hydrogens is 220 g/mol. The number of carbonyl (C=O) groups excluding carboxylic acids is 1. The molecule has 1 aliphatic rings. The zero-order valence-corrected chi connectivity index (χ0v) is 10.0. The van der Waals surface area contributed by atoms with Gasteiger partial charge in [-0.25, -0.2) is 0 Å². The second kappa shape index (κ2) is 5.77. The first-order valence-electron chi connectivity index (χ1n) is 6.06. The average molecular weight is 238 g/mol. The zero-order valence-electron chi connectivity index (χ0n) is 10.0. The number of carbonyl (C=O) groups is 1. The van der Waals surface area contributed by atoms with E-state index in [2.05, 4.69) is 20.8 Å². The Morgan fingerprint density at radius 2 is 2.47 bits per heavy atom. The molecule has 94 valence electrons. The van der Waals surface area contributed by atoms with Crippen molar-refractivity contribution in [2.45, 2.75) is 38.6 Å². The molecule has 1 saturated heterocycles. The number of nitrogens with one attached hydrogen (secondary N) is 2. The predicted molar refractivity (Wildman–Crippen MR) is 61.4 cm³/mol. The van der Waals surface area contributed by atoms with Gasteiger partial charge in [0.1, 0.15) is 0 Å². The first kappa shape index (κ1) is 12.0. The maximum absolute atomic E-state index is 11.8. The van der Waals surface area contributed by atoms with Gasteiger partial charge in [-0.2, -0.15) is 4.98 Å². The molecule has 1 aromatic rings. The van der Waals surface area contributed by atoms with Crippen molar-refractivity contribution in [1.82, 2.24) is 20.8 Å². The third-order valence-corrected chi connectivity index (χ3v) is 2.83. The molecule has 2 heterocycles. The highest BCUT2D eigenvalue weighted by atomic mass is 16.5. The maximum Gasteiger partial charge on any atom is 0.237 e. The minimum atomic E-state index is -0.0341. The van der Waals surface area contributed by atoms with Crippen molar-refractivity contribution >= 4 is 5.91 Å². The van der Waals surface area contributed by atoms with Gasteiger partial charge in [0.2, 0.25) is 11.8 Å². The Morgan fingerprint density at radius 3 is 3.12 bits per heavy atom. The van der Waals surface area contributed by atoms with Crippen molar-refractivity contribution in [2.75, 3.05) is 13.1 Å². The Labute approximate surface area is 100 Å². The molecular formula is C11H18N4O2. The van der Waals surface area contributed by atoms with Crippen LogP contribution in [-0.4, -0.2) is 35.2 Å². The van der Waals surface area contributed by atoms with Crippen LogP contribution in [0.2, 0.25) is 0 Å². The summed E-state index contributed by atoms with van der Waals surface area (Å²) in [5.41, 5.74) is 0. The predicted octanol–water partition coefficient (Wildman–Crippen LogP) is 0.179. The fourth-order valence-corrected chi connectivity index (χ4v) is 1.93. The summed E-state index contributed by atoms with van der Waals surface area (Å²) in [4.78, 5) is 15.8. The van der Waals surface area contributed by atoms with Gasteiger partial charge in [0.15, 0.2) is 5.82 Å². The van der Waals surface area contributed by atoms with Crippen molar-refractivity contribution in [3.8, 4) is 0 Å². The monoisotopic (exact) mass is 238 g/mol. The number of amides is 1. The van der Waals surface area contributed by atoms with Crippen molar-refractivity contribution in [2.24, 2.45) is 0 Å². The lowest BCUT2D eigenvalue weighted by Crippen LogP contribution is -2.47. The van der Waals surface area contributed by atoms with Crippen LogP contribution in [0, 0.1) is 6.92 Å². The normalized spacial score (nSPS) is 20.2. The van der Waals surface area contributed by atoms with E-state index in [-0.39, 0.29) is 11.9 Å². The van der Waals surface area contributed by atoms with Crippen molar-refractivity contribution in [1.29, 1.82) is 0 Å². The lowest BCUT2D eigenvalue weighted by Gasteiger charge is -2.22. The van der Waals surface area contributed by atoms with E-state index in [1.807, 2.05) is 0 Å². The Kier molecular flexibility index (Phi) is 4.08. The summed E-state index contributed by atoms with van der Waals surface area (Å²) in [7, 11) is 0. The molecule has 1 amide bonds. The number of aromatic nitrogens is 2. The molecule has 6 heteroatoms. The van der Waals surface area contributed by atoms with E-state index in [1.54, 1.807) is 6.92 Å². The first-order chi connectivity index (χ1) is 8.25. The standard InChI is InChI=1S/C11H18N4O2/c1-8-14-10(17-15-8)5-7-13-11(16)9-4-2-3-6-12-9/h9,12H,2-7H2,1H3,(H,13,16)/t9-/m1/s1. The van der Waals surface area contributed by atoms with Gasteiger partial charge in [0.05, 0.1) is 6.04 Å². The molecule has 1 atom stereocenters. The van der Waals surface area contributed by atoms with E-state index in [0.29, 0.717) is 24.7 Å². The summed E-state index contributed by atoms with van der Waals surface area (Å²) in [5, 5.41) is 9.78. The molecule has 0 saturated carbocycles. The first-order valence-corrected chi connectivity index (χ1v) is 6.06. The van der Waals surface area contributed by atoms with Gasteiger partial charge in [-0.05, 0) is 26.3 Å². The molecule has 1 aromatic heterocycles.